The third kappa shape index (κ3) is 5.40. The summed E-state index contributed by atoms with van der Waals surface area (Å²) in [5, 5.41) is 8.94. The van der Waals surface area contributed by atoms with Crippen molar-refractivity contribution < 1.29 is 9.90 Å². The maximum Gasteiger partial charge on any atom is 0.331 e. The summed E-state index contributed by atoms with van der Waals surface area (Å²) >= 11 is 0. The molecule has 0 atom stereocenters. The number of aliphatic carboxylic acids is 1. The minimum Gasteiger partial charge on any atom is -0.478 e. The molecule has 0 saturated heterocycles. The van der Waals surface area contributed by atoms with E-state index in [0.29, 0.717) is 12.0 Å². The number of rotatable bonds is 1. The third-order valence-electron chi connectivity index (χ3n) is 2.78. The third-order valence-corrected chi connectivity index (χ3v) is 2.78. The van der Waals surface area contributed by atoms with E-state index in [2.05, 4.69) is 6.08 Å². The van der Waals surface area contributed by atoms with Crippen LogP contribution in [0.15, 0.2) is 23.8 Å². The Morgan fingerprint density at radius 3 is 2.47 bits per heavy atom. The van der Waals surface area contributed by atoms with Crippen LogP contribution in [0.3, 0.4) is 0 Å². The SMILES string of the molecule is O=C(O)C1=CC=CCCCCCCCC1. The van der Waals surface area contributed by atoms with Gasteiger partial charge in [0.05, 0.1) is 0 Å². The van der Waals surface area contributed by atoms with Gasteiger partial charge in [-0.3, -0.25) is 0 Å². The van der Waals surface area contributed by atoms with Crippen LogP contribution in [0.4, 0.5) is 0 Å². The Labute approximate surface area is 91.7 Å². The summed E-state index contributed by atoms with van der Waals surface area (Å²) in [6.45, 7) is 0. The first kappa shape index (κ1) is 12.0. The predicted molar refractivity (Wildman–Crippen MR) is 61.8 cm³/mol. The molecule has 0 fully saturated rings. The molecule has 0 aromatic rings. The van der Waals surface area contributed by atoms with Crippen LogP contribution in [-0.2, 0) is 4.79 Å². The van der Waals surface area contributed by atoms with E-state index in [1.54, 1.807) is 6.08 Å². The Morgan fingerprint density at radius 1 is 1.07 bits per heavy atom. The van der Waals surface area contributed by atoms with Crippen LogP contribution in [-0.4, -0.2) is 11.1 Å². The van der Waals surface area contributed by atoms with Crippen molar-refractivity contribution in [1.29, 1.82) is 0 Å². The van der Waals surface area contributed by atoms with Crippen molar-refractivity contribution in [2.75, 3.05) is 0 Å². The summed E-state index contributed by atoms with van der Waals surface area (Å²) in [4.78, 5) is 10.9. The zero-order chi connectivity index (χ0) is 10.9. The summed E-state index contributed by atoms with van der Waals surface area (Å²) in [7, 11) is 0. The quantitative estimate of drug-likeness (QED) is 0.713. The average Bonchev–Trinajstić information content (AvgIpc) is 2.18. The lowest BCUT2D eigenvalue weighted by atomic mass is 10.0. The maximum absolute atomic E-state index is 10.9. The summed E-state index contributed by atoms with van der Waals surface area (Å²) in [5.74, 6) is -0.767. The molecule has 2 nitrogen and oxygen atoms in total. The Kier molecular flexibility index (Phi) is 5.83. The topological polar surface area (TPSA) is 37.3 Å². The molecule has 0 radical (unpaired) electrons. The van der Waals surface area contributed by atoms with E-state index in [0.717, 1.165) is 19.3 Å². The molecular weight excluding hydrogens is 188 g/mol. The minimum atomic E-state index is -0.767. The van der Waals surface area contributed by atoms with Crippen LogP contribution in [0, 0.1) is 0 Å². The minimum absolute atomic E-state index is 0.548. The Bertz CT molecular complexity index is 251. The van der Waals surface area contributed by atoms with Crippen molar-refractivity contribution in [3.05, 3.63) is 23.8 Å². The molecule has 0 amide bonds. The van der Waals surface area contributed by atoms with Crippen LogP contribution in [0.25, 0.3) is 0 Å². The highest BCUT2D eigenvalue weighted by Crippen LogP contribution is 2.14. The molecule has 84 valence electrons. The van der Waals surface area contributed by atoms with Crippen LogP contribution < -0.4 is 0 Å². The lowest BCUT2D eigenvalue weighted by Gasteiger charge is -2.03. The molecular formula is C13H20O2. The maximum atomic E-state index is 10.9. The van der Waals surface area contributed by atoms with Crippen molar-refractivity contribution >= 4 is 5.97 Å². The van der Waals surface area contributed by atoms with Gasteiger partial charge in [-0.1, -0.05) is 43.9 Å². The van der Waals surface area contributed by atoms with Crippen molar-refractivity contribution in [3.8, 4) is 0 Å². The van der Waals surface area contributed by atoms with Gasteiger partial charge in [-0.2, -0.15) is 0 Å². The summed E-state index contributed by atoms with van der Waals surface area (Å²) in [5.41, 5.74) is 0.548. The summed E-state index contributed by atoms with van der Waals surface area (Å²) in [6, 6.07) is 0. The number of carbonyl (C=O) groups is 1. The molecule has 1 aliphatic rings. The lowest BCUT2D eigenvalue weighted by Crippen LogP contribution is -2.00. The van der Waals surface area contributed by atoms with E-state index in [1.165, 1.54) is 25.7 Å². The van der Waals surface area contributed by atoms with Gasteiger partial charge in [0.1, 0.15) is 0 Å². The molecule has 0 spiro atoms. The van der Waals surface area contributed by atoms with Gasteiger partial charge in [-0.15, -0.1) is 0 Å². The number of carboxylic acid groups (broad SMARTS) is 1. The van der Waals surface area contributed by atoms with E-state index in [-0.39, 0.29) is 0 Å². The molecule has 1 aliphatic carbocycles. The first-order valence-electron chi connectivity index (χ1n) is 5.89. The van der Waals surface area contributed by atoms with Crippen molar-refractivity contribution in [3.63, 3.8) is 0 Å². The largest absolute Gasteiger partial charge is 0.478 e. The Morgan fingerprint density at radius 2 is 1.73 bits per heavy atom. The molecule has 0 saturated carbocycles. The highest BCUT2D eigenvalue weighted by molar-refractivity contribution is 5.86. The van der Waals surface area contributed by atoms with Crippen LogP contribution in [0.1, 0.15) is 51.4 Å². The van der Waals surface area contributed by atoms with Crippen molar-refractivity contribution in [2.45, 2.75) is 51.4 Å². The first-order valence-corrected chi connectivity index (χ1v) is 5.89. The molecule has 1 N–H and O–H groups in total. The molecule has 0 heterocycles. The fourth-order valence-electron chi connectivity index (χ4n) is 1.83. The monoisotopic (exact) mass is 208 g/mol. The van der Waals surface area contributed by atoms with Gasteiger partial charge < -0.3 is 5.11 Å². The van der Waals surface area contributed by atoms with Gasteiger partial charge in [0, 0.05) is 5.57 Å². The lowest BCUT2D eigenvalue weighted by molar-refractivity contribution is -0.132. The standard InChI is InChI=1S/C13H20O2/c14-13(15)12-10-8-6-4-2-1-3-5-7-9-11-12/h6,8,10H,1-5,7,9,11H2,(H,14,15). The van der Waals surface area contributed by atoms with Crippen molar-refractivity contribution in [2.24, 2.45) is 0 Å². The zero-order valence-corrected chi connectivity index (χ0v) is 9.24. The molecule has 0 aromatic heterocycles. The summed E-state index contributed by atoms with van der Waals surface area (Å²) < 4.78 is 0. The average molecular weight is 208 g/mol. The smallest absolute Gasteiger partial charge is 0.331 e. The van der Waals surface area contributed by atoms with E-state index < -0.39 is 5.97 Å². The van der Waals surface area contributed by atoms with Crippen LogP contribution >= 0.6 is 0 Å². The number of hydrogen-bond acceptors (Lipinski definition) is 1. The van der Waals surface area contributed by atoms with E-state index >= 15 is 0 Å². The van der Waals surface area contributed by atoms with Crippen LogP contribution in [0.2, 0.25) is 0 Å². The predicted octanol–water partition coefficient (Wildman–Crippen LogP) is 3.69. The zero-order valence-electron chi connectivity index (χ0n) is 9.24. The van der Waals surface area contributed by atoms with Gasteiger partial charge in [0.2, 0.25) is 0 Å². The number of hydrogen-bond donors (Lipinski definition) is 1. The second kappa shape index (κ2) is 7.27. The molecule has 0 aromatic carbocycles. The fourth-order valence-corrected chi connectivity index (χ4v) is 1.83. The van der Waals surface area contributed by atoms with Gasteiger partial charge in [-0.05, 0) is 25.7 Å². The molecule has 0 unspecified atom stereocenters. The van der Waals surface area contributed by atoms with Gasteiger partial charge in [-0.25, -0.2) is 4.79 Å². The molecule has 15 heavy (non-hydrogen) atoms. The highest BCUT2D eigenvalue weighted by atomic mass is 16.4. The normalized spacial score (nSPS) is 19.9. The van der Waals surface area contributed by atoms with Gasteiger partial charge >= 0.3 is 5.97 Å². The number of allylic oxidation sites excluding steroid dienone is 3. The Balaban J connectivity index is 2.54. The van der Waals surface area contributed by atoms with Gasteiger partial charge in [0.25, 0.3) is 0 Å². The molecule has 0 bridgehead atoms. The van der Waals surface area contributed by atoms with E-state index in [9.17, 15) is 4.79 Å². The second-order valence-electron chi connectivity index (χ2n) is 4.09. The molecule has 1 rings (SSSR count). The van der Waals surface area contributed by atoms with Crippen LogP contribution in [0.5, 0.6) is 0 Å². The van der Waals surface area contributed by atoms with E-state index in [4.69, 9.17) is 5.11 Å². The Hall–Kier alpha value is -1.05. The van der Waals surface area contributed by atoms with Gasteiger partial charge in [0.15, 0.2) is 0 Å². The highest BCUT2D eigenvalue weighted by Gasteiger charge is 2.05. The molecule has 2 heteroatoms. The summed E-state index contributed by atoms with van der Waals surface area (Å²) in [6.07, 6.45) is 14.7. The van der Waals surface area contributed by atoms with E-state index in [1.807, 2.05) is 6.08 Å². The van der Waals surface area contributed by atoms with Crippen molar-refractivity contribution in [1.82, 2.24) is 0 Å². The second-order valence-corrected chi connectivity index (χ2v) is 4.09. The molecule has 0 aliphatic heterocycles. The fraction of sp³-hybridized carbons (Fsp3) is 0.615. The first-order chi connectivity index (χ1) is 7.30. The number of carboxylic acids is 1.